The summed E-state index contributed by atoms with van der Waals surface area (Å²) in [4.78, 5) is 0. The number of benzene rings is 1. The van der Waals surface area contributed by atoms with Crippen LogP contribution >= 0.6 is 0 Å². The zero-order valence-corrected chi connectivity index (χ0v) is 11.8. The van der Waals surface area contributed by atoms with E-state index in [0.717, 1.165) is 12.0 Å². The maximum atomic E-state index is 9.77. The average Bonchev–Trinajstić information content (AvgIpc) is 2.52. The fraction of sp³-hybridized carbons (Fsp3) is 0.467. The molecule has 0 heterocycles. The Labute approximate surface area is 123 Å². The van der Waals surface area contributed by atoms with Crippen LogP contribution in [0, 0.1) is 0 Å². The molecule has 0 spiro atoms. The van der Waals surface area contributed by atoms with E-state index in [1.165, 1.54) is 6.08 Å². The average molecular weight is 298 g/mol. The normalized spacial score (nSPS) is 18.1. The number of hydrogen-bond acceptors (Lipinski definition) is 6. The van der Waals surface area contributed by atoms with Crippen LogP contribution in [0.15, 0.2) is 30.0 Å². The van der Waals surface area contributed by atoms with Crippen molar-refractivity contribution in [3.63, 3.8) is 0 Å². The second-order valence-electron chi connectivity index (χ2n) is 4.84. The van der Waals surface area contributed by atoms with E-state index < -0.39 is 36.8 Å². The van der Waals surface area contributed by atoms with Crippen molar-refractivity contribution >= 4 is 6.08 Å². The predicted molar refractivity (Wildman–Crippen MR) is 77.5 cm³/mol. The number of hydrogen-bond donors (Lipinski definition) is 6. The minimum absolute atomic E-state index is 0.545. The van der Waals surface area contributed by atoms with Crippen LogP contribution in [0.1, 0.15) is 18.1 Å². The molecule has 1 rings (SSSR count). The molecule has 0 amide bonds. The Morgan fingerprint density at radius 1 is 1.05 bits per heavy atom. The van der Waals surface area contributed by atoms with E-state index >= 15 is 0 Å². The molecule has 6 N–H and O–H groups in total. The monoisotopic (exact) mass is 298 g/mol. The Morgan fingerprint density at radius 3 is 2.10 bits per heavy atom. The molecule has 21 heavy (non-hydrogen) atoms. The van der Waals surface area contributed by atoms with Gasteiger partial charge in [-0.25, -0.2) is 0 Å². The second kappa shape index (κ2) is 8.11. The third kappa shape index (κ3) is 4.80. The summed E-state index contributed by atoms with van der Waals surface area (Å²) >= 11 is 0. The highest BCUT2D eigenvalue weighted by Gasteiger charge is 2.32. The van der Waals surface area contributed by atoms with E-state index in [-0.39, 0.29) is 0 Å². The molecule has 0 aromatic heterocycles. The molecule has 0 aliphatic heterocycles. The number of rotatable bonds is 7. The predicted octanol–water partition coefficient (Wildman–Crippen LogP) is -0.416. The van der Waals surface area contributed by atoms with Crippen molar-refractivity contribution in [3.8, 4) is 0 Å². The molecular weight excluding hydrogens is 276 g/mol. The van der Waals surface area contributed by atoms with Crippen LogP contribution in [0.2, 0.25) is 0 Å². The van der Waals surface area contributed by atoms with Crippen LogP contribution in [0.25, 0.3) is 6.08 Å². The Bertz CT molecular complexity index is 456. The third-order valence-electron chi connectivity index (χ3n) is 3.26. The van der Waals surface area contributed by atoms with E-state index in [1.54, 1.807) is 12.1 Å². The zero-order chi connectivity index (χ0) is 16.0. The highest BCUT2D eigenvalue weighted by atomic mass is 16.4. The molecule has 6 nitrogen and oxygen atoms in total. The Morgan fingerprint density at radius 2 is 1.62 bits per heavy atom. The summed E-state index contributed by atoms with van der Waals surface area (Å²) < 4.78 is 0. The number of aliphatic hydroxyl groups is 6. The Hall–Kier alpha value is -1.44. The fourth-order valence-corrected chi connectivity index (χ4v) is 1.80. The van der Waals surface area contributed by atoms with E-state index in [0.29, 0.717) is 5.56 Å². The molecule has 4 atom stereocenters. The van der Waals surface area contributed by atoms with Crippen LogP contribution in [0.5, 0.6) is 0 Å². The zero-order valence-electron chi connectivity index (χ0n) is 11.8. The number of aliphatic hydroxyl groups excluding tert-OH is 6. The van der Waals surface area contributed by atoms with Crippen molar-refractivity contribution in [1.82, 2.24) is 0 Å². The summed E-state index contributed by atoms with van der Waals surface area (Å²) in [6.07, 6.45) is -4.84. The summed E-state index contributed by atoms with van der Waals surface area (Å²) in [6, 6.07) is 7.22. The summed E-state index contributed by atoms with van der Waals surface area (Å²) in [6.45, 7) is 1.24. The molecule has 118 valence electrons. The first kappa shape index (κ1) is 17.6. The van der Waals surface area contributed by atoms with Crippen LogP contribution in [0.4, 0.5) is 0 Å². The molecule has 0 unspecified atom stereocenters. The lowest BCUT2D eigenvalue weighted by Gasteiger charge is -2.25. The van der Waals surface area contributed by atoms with Gasteiger partial charge in [-0.2, -0.15) is 0 Å². The van der Waals surface area contributed by atoms with Crippen molar-refractivity contribution in [2.75, 3.05) is 6.61 Å². The van der Waals surface area contributed by atoms with E-state index in [4.69, 9.17) is 5.11 Å². The van der Waals surface area contributed by atoms with Gasteiger partial charge in [0.25, 0.3) is 0 Å². The first-order valence-corrected chi connectivity index (χ1v) is 6.73. The maximum absolute atomic E-state index is 9.77. The standard InChI is InChI=1S/C15H22O6/c1-2-9-3-5-10(6-4-9)7-11(17)13(19)15(21)14(20)12(18)8-16/h3-7,12-21H,2,8H2,1H3/t12-,13+,14-,15-/m1/s1. The van der Waals surface area contributed by atoms with E-state index in [1.807, 2.05) is 19.1 Å². The van der Waals surface area contributed by atoms with Crippen molar-refractivity contribution in [2.45, 2.75) is 37.8 Å². The second-order valence-corrected chi connectivity index (χ2v) is 4.84. The number of aryl methyl sites for hydroxylation is 1. The van der Waals surface area contributed by atoms with Gasteiger partial charge in [0, 0.05) is 0 Å². The first-order chi connectivity index (χ1) is 9.90. The topological polar surface area (TPSA) is 121 Å². The quantitative estimate of drug-likeness (QED) is 0.380. The summed E-state index contributed by atoms with van der Waals surface area (Å²) in [5.74, 6) is -0.545. The van der Waals surface area contributed by atoms with Gasteiger partial charge in [-0.1, -0.05) is 31.2 Å². The van der Waals surface area contributed by atoms with Gasteiger partial charge in [-0.05, 0) is 23.6 Å². The van der Waals surface area contributed by atoms with Gasteiger partial charge >= 0.3 is 0 Å². The van der Waals surface area contributed by atoms with Gasteiger partial charge in [0.05, 0.1) is 6.61 Å². The molecular formula is C15H22O6. The summed E-state index contributed by atoms with van der Waals surface area (Å²) in [5.41, 5.74) is 1.74. The molecule has 1 aromatic carbocycles. The van der Waals surface area contributed by atoms with Gasteiger partial charge < -0.3 is 30.6 Å². The van der Waals surface area contributed by atoms with Crippen LogP contribution in [-0.4, -0.2) is 61.7 Å². The summed E-state index contributed by atoms with van der Waals surface area (Å²) in [7, 11) is 0. The van der Waals surface area contributed by atoms with Crippen molar-refractivity contribution in [1.29, 1.82) is 0 Å². The van der Waals surface area contributed by atoms with E-state index in [2.05, 4.69) is 0 Å². The van der Waals surface area contributed by atoms with Crippen molar-refractivity contribution in [3.05, 3.63) is 41.2 Å². The lowest BCUT2D eigenvalue weighted by molar-refractivity contribution is -0.112. The van der Waals surface area contributed by atoms with E-state index in [9.17, 15) is 25.5 Å². The van der Waals surface area contributed by atoms with Gasteiger partial charge in [-0.3, -0.25) is 0 Å². The van der Waals surface area contributed by atoms with Crippen molar-refractivity contribution in [2.24, 2.45) is 0 Å². The first-order valence-electron chi connectivity index (χ1n) is 6.73. The summed E-state index contributed by atoms with van der Waals surface area (Å²) in [5, 5.41) is 56.5. The van der Waals surface area contributed by atoms with Crippen LogP contribution in [0.3, 0.4) is 0 Å². The minimum Gasteiger partial charge on any atom is -0.509 e. The highest BCUT2D eigenvalue weighted by molar-refractivity contribution is 5.52. The molecule has 0 saturated carbocycles. The molecule has 0 aliphatic rings. The molecule has 6 heteroatoms. The molecule has 0 radical (unpaired) electrons. The van der Waals surface area contributed by atoms with Crippen LogP contribution < -0.4 is 0 Å². The van der Waals surface area contributed by atoms with Crippen LogP contribution in [-0.2, 0) is 6.42 Å². The maximum Gasteiger partial charge on any atom is 0.139 e. The van der Waals surface area contributed by atoms with Gasteiger partial charge in [0.15, 0.2) is 0 Å². The van der Waals surface area contributed by atoms with Crippen molar-refractivity contribution < 1.29 is 30.6 Å². The Balaban J connectivity index is 2.80. The van der Waals surface area contributed by atoms with Gasteiger partial charge in [-0.15, -0.1) is 0 Å². The van der Waals surface area contributed by atoms with Gasteiger partial charge in [0.1, 0.15) is 30.2 Å². The smallest absolute Gasteiger partial charge is 0.139 e. The SMILES string of the molecule is CCc1ccc(C=C(O)[C@H](O)[C@@H](O)[C@H](O)[C@H](O)CO)cc1. The molecule has 0 fully saturated rings. The lowest BCUT2D eigenvalue weighted by Crippen LogP contribution is -2.46. The third-order valence-corrected chi connectivity index (χ3v) is 3.26. The molecule has 0 aliphatic carbocycles. The Kier molecular flexibility index (Phi) is 6.80. The molecule has 0 saturated heterocycles. The van der Waals surface area contributed by atoms with Gasteiger partial charge in [0.2, 0.25) is 0 Å². The minimum atomic E-state index is -1.82. The molecule has 1 aromatic rings. The lowest BCUT2D eigenvalue weighted by atomic mass is 10.0. The highest BCUT2D eigenvalue weighted by Crippen LogP contribution is 2.15. The largest absolute Gasteiger partial charge is 0.509 e. The fourth-order valence-electron chi connectivity index (χ4n) is 1.80. The molecule has 0 bridgehead atoms.